The quantitative estimate of drug-likeness (QED) is 0.594. The molecule has 2 unspecified atom stereocenters. The van der Waals surface area contributed by atoms with E-state index in [0.717, 1.165) is 26.1 Å². The maximum Gasteiger partial charge on any atom is 0.0667 e. The fourth-order valence-corrected chi connectivity index (χ4v) is 1.00. The lowest BCUT2D eigenvalue weighted by Gasteiger charge is -2.14. The summed E-state index contributed by atoms with van der Waals surface area (Å²) in [5.74, 6) is 0.666. The Labute approximate surface area is 75.7 Å². The van der Waals surface area contributed by atoms with Gasteiger partial charge < -0.3 is 15.8 Å². The zero-order valence-corrected chi connectivity index (χ0v) is 8.47. The van der Waals surface area contributed by atoms with Gasteiger partial charge in [-0.05, 0) is 32.4 Å². The summed E-state index contributed by atoms with van der Waals surface area (Å²) in [6.45, 7) is 7.00. The minimum absolute atomic E-state index is 0.301. The Morgan fingerprint density at radius 1 is 1.33 bits per heavy atom. The Kier molecular flexibility index (Phi) is 7.45. The molecular formula is C9H22N2O. The number of nitrogens with one attached hydrogen (secondary N) is 1. The van der Waals surface area contributed by atoms with E-state index in [0.29, 0.717) is 12.0 Å². The highest BCUT2D eigenvalue weighted by Crippen LogP contribution is 1.97. The zero-order valence-electron chi connectivity index (χ0n) is 8.47. The van der Waals surface area contributed by atoms with E-state index in [-0.39, 0.29) is 0 Å². The summed E-state index contributed by atoms with van der Waals surface area (Å²) >= 11 is 0. The molecule has 0 aromatic carbocycles. The summed E-state index contributed by atoms with van der Waals surface area (Å²) in [7, 11) is 1.73. The molecule has 0 saturated carbocycles. The zero-order chi connectivity index (χ0) is 9.40. The number of methoxy groups -OCH3 is 1. The summed E-state index contributed by atoms with van der Waals surface area (Å²) in [5.41, 5.74) is 5.43. The molecule has 3 nitrogen and oxygen atoms in total. The first kappa shape index (κ1) is 11.9. The first-order valence-corrected chi connectivity index (χ1v) is 4.64. The minimum atomic E-state index is 0.301. The highest BCUT2D eigenvalue weighted by Gasteiger charge is 2.01. The highest BCUT2D eigenvalue weighted by atomic mass is 16.5. The van der Waals surface area contributed by atoms with Crippen molar-refractivity contribution in [3.8, 4) is 0 Å². The topological polar surface area (TPSA) is 47.3 Å². The van der Waals surface area contributed by atoms with Crippen LogP contribution in [0.4, 0.5) is 0 Å². The third-order valence-electron chi connectivity index (χ3n) is 1.99. The first-order chi connectivity index (χ1) is 5.70. The number of rotatable bonds is 7. The number of ether oxygens (including phenoxy) is 1. The van der Waals surface area contributed by atoms with Crippen molar-refractivity contribution in [1.82, 2.24) is 5.32 Å². The second kappa shape index (κ2) is 7.53. The van der Waals surface area contributed by atoms with Gasteiger partial charge in [0.25, 0.3) is 0 Å². The van der Waals surface area contributed by atoms with Gasteiger partial charge in [-0.3, -0.25) is 0 Å². The second-order valence-electron chi connectivity index (χ2n) is 3.39. The lowest BCUT2D eigenvalue weighted by molar-refractivity contribution is 0.116. The lowest BCUT2D eigenvalue weighted by atomic mass is 10.1. The molecule has 0 aliphatic carbocycles. The maximum atomic E-state index is 5.43. The van der Waals surface area contributed by atoms with Crippen LogP contribution in [0.3, 0.4) is 0 Å². The number of hydrogen-bond acceptors (Lipinski definition) is 3. The fraction of sp³-hybridized carbons (Fsp3) is 1.00. The second-order valence-corrected chi connectivity index (χ2v) is 3.39. The molecule has 0 rings (SSSR count). The predicted molar refractivity (Wildman–Crippen MR) is 52.2 cm³/mol. The van der Waals surface area contributed by atoms with E-state index in [4.69, 9.17) is 10.5 Å². The standard InChI is InChI=1S/C9H22N2O/c1-8(4-5-10)6-11-7-9(2)12-3/h8-9,11H,4-7,10H2,1-3H3. The molecular weight excluding hydrogens is 152 g/mol. The van der Waals surface area contributed by atoms with E-state index in [9.17, 15) is 0 Å². The van der Waals surface area contributed by atoms with Crippen molar-refractivity contribution in [2.75, 3.05) is 26.7 Å². The van der Waals surface area contributed by atoms with E-state index < -0.39 is 0 Å². The van der Waals surface area contributed by atoms with Crippen LogP contribution in [-0.4, -0.2) is 32.8 Å². The molecule has 0 radical (unpaired) electrons. The van der Waals surface area contributed by atoms with Crippen molar-refractivity contribution >= 4 is 0 Å². The molecule has 0 amide bonds. The average molecular weight is 174 g/mol. The van der Waals surface area contributed by atoms with Gasteiger partial charge in [0, 0.05) is 13.7 Å². The van der Waals surface area contributed by atoms with Gasteiger partial charge in [0.1, 0.15) is 0 Å². The summed E-state index contributed by atoms with van der Waals surface area (Å²) in [6, 6.07) is 0. The average Bonchev–Trinajstić information content (AvgIpc) is 2.04. The molecule has 3 heteroatoms. The van der Waals surface area contributed by atoms with E-state index in [2.05, 4.69) is 19.2 Å². The molecule has 0 spiro atoms. The molecule has 12 heavy (non-hydrogen) atoms. The van der Waals surface area contributed by atoms with Crippen molar-refractivity contribution in [3.05, 3.63) is 0 Å². The monoisotopic (exact) mass is 174 g/mol. The van der Waals surface area contributed by atoms with Gasteiger partial charge in [-0.25, -0.2) is 0 Å². The van der Waals surface area contributed by atoms with Crippen molar-refractivity contribution in [2.45, 2.75) is 26.4 Å². The SMILES string of the molecule is COC(C)CNCC(C)CCN. The lowest BCUT2D eigenvalue weighted by Crippen LogP contribution is -2.30. The van der Waals surface area contributed by atoms with E-state index in [1.807, 2.05) is 0 Å². The molecule has 0 aromatic rings. The van der Waals surface area contributed by atoms with Crippen LogP contribution in [0.25, 0.3) is 0 Å². The molecule has 0 aliphatic heterocycles. The van der Waals surface area contributed by atoms with Crippen molar-refractivity contribution in [3.63, 3.8) is 0 Å². The molecule has 2 atom stereocenters. The molecule has 0 bridgehead atoms. The van der Waals surface area contributed by atoms with Gasteiger partial charge >= 0.3 is 0 Å². The Morgan fingerprint density at radius 3 is 2.50 bits per heavy atom. The molecule has 0 aliphatic rings. The van der Waals surface area contributed by atoms with Gasteiger partial charge in [-0.1, -0.05) is 6.92 Å². The van der Waals surface area contributed by atoms with E-state index in [1.165, 1.54) is 0 Å². The van der Waals surface area contributed by atoms with Crippen LogP contribution in [-0.2, 0) is 4.74 Å². The van der Waals surface area contributed by atoms with Gasteiger partial charge in [-0.15, -0.1) is 0 Å². The van der Waals surface area contributed by atoms with E-state index >= 15 is 0 Å². The molecule has 3 N–H and O–H groups in total. The highest BCUT2D eigenvalue weighted by molar-refractivity contribution is 4.60. The van der Waals surface area contributed by atoms with Crippen molar-refractivity contribution < 1.29 is 4.74 Å². The van der Waals surface area contributed by atoms with Gasteiger partial charge in [-0.2, -0.15) is 0 Å². The summed E-state index contributed by atoms with van der Waals surface area (Å²) < 4.78 is 5.10. The fourth-order valence-electron chi connectivity index (χ4n) is 1.00. The number of nitrogens with two attached hydrogens (primary N) is 1. The molecule has 0 fully saturated rings. The minimum Gasteiger partial charge on any atom is -0.380 e. The predicted octanol–water partition coefficient (Wildman–Crippen LogP) is 0.596. The molecule has 0 aromatic heterocycles. The van der Waals surface area contributed by atoms with Crippen LogP contribution in [0.2, 0.25) is 0 Å². The van der Waals surface area contributed by atoms with Crippen LogP contribution in [0.1, 0.15) is 20.3 Å². The molecule has 0 heterocycles. The molecule has 74 valence electrons. The van der Waals surface area contributed by atoms with Gasteiger partial charge in [0.05, 0.1) is 6.10 Å². The third-order valence-corrected chi connectivity index (χ3v) is 1.99. The Hall–Kier alpha value is -0.120. The van der Waals surface area contributed by atoms with Crippen molar-refractivity contribution in [1.29, 1.82) is 0 Å². The molecule has 0 saturated heterocycles. The normalized spacial score (nSPS) is 16.0. The largest absolute Gasteiger partial charge is 0.380 e. The van der Waals surface area contributed by atoms with Crippen LogP contribution >= 0.6 is 0 Å². The van der Waals surface area contributed by atoms with E-state index in [1.54, 1.807) is 7.11 Å². The number of hydrogen-bond donors (Lipinski definition) is 2. The third kappa shape index (κ3) is 6.58. The summed E-state index contributed by atoms with van der Waals surface area (Å²) in [5, 5.41) is 3.34. The smallest absolute Gasteiger partial charge is 0.0667 e. The maximum absolute atomic E-state index is 5.43. The summed E-state index contributed by atoms with van der Waals surface area (Å²) in [4.78, 5) is 0. The van der Waals surface area contributed by atoms with Gasteiger partial charge in [0.15, 0.2) is 0 Å². The van der Waals surface area contributed by atoms with Crippen LogP contribution in [0, 0.1) is 5.92 Å². The summed E-state index contributed by atoms with van der Waals surface area (Å²) in [6.07, 6.45) is 1.39. The van der Waals surface area contributed by atoms with Crippen LogP contribution in [0.15, 0.2) is 0 Å². The van der Waals surface area contributed by atoms with Crippen molar-refractivity contribution in [2.24, 2.45) is 11.7 Å². The van der Waals surface area contributed by atoms with Gasteiger partial charge in [0.2, 0.25) is 0 Å². The van der Waals surface area contributed by atoms with Crippen LogP contribution in [0.5, 0.6) is 0 Å². The Morgan fingerprint density at radius 2 is 2.00 bits per heavy atom. The Balaban J connectivity index is 3.18. The first-order valence-electron chi connectivity index (χ1n) is 4.64. The Bertz CT molecular complexity index is 98.5. The van der Waals surface area contributed by atoms with Crippen LogP contribution < -0.4 is 11.1 Å².